The number of sulfonamides is 2. The monoisotopic (exact) mass is 414 g/mol. The first-order valence-electron chi connectivity index (χ1n) is 8.50. The second kappa shape index (κ2) is 8.01. The summed E-state index contributed by atoms with van der Waals surface area (Å²) in [5.41, 5.74) is 0.471. The van der Waals surface area contributed by atoms with E-state index in [2.05, 4.69) is 4.72 Å². The van der Waals surface area contributed by atoms with Gasteiger partial charge in [-0.3, -0.25) is 4.31 Å². The summed E-state index contributed by atoms with van der Waals surface area (Å²) in [4.78, 5) is 0.0509. The van der Waals surface area contributed by atoms with Crippen molar-refractivity contribution in [2.75, 3.05) is 30.3 Å². The quantitative estimate of drug-likeness (QED) is 0.741. The minimum Gasteiger partial charge on any atom is -0.467 e. The number of furan rings is 1. The maximum Gasteiger partial charge on any atom is 0.240 e. The molecule has 148 valence electrons. The summed E-state index contributed by atoms with van der Waals surface area (Å²) in [5.74, 6) is 0.630. The Morgan fingerprint density at radius 3 is 2.56 bits per heavy atom. The summed E-state index contributed by atoms with van der Waals surface area (Å²) >= 11 is 0. The highest BCUT2D eigenvalue weighted by Crippen LogP contribution is 2.25. The SMILES string of the molecule is COC(CNS(=O)(=O)c1ccc(N2CCCCS2(=O)=O)cc1)c1ccco1. The molecule has 0 amide bonds. The van der Waals surface area contributed by atoms with Gasteiger partial charge in [-0.1, -0.05) is 0 Å². The van der Waals surface area contributed by atoms with Crippen LogP contribution >= 0.6 is 0 Å². The molecule has 8 nitrogen and oxygen atoms in total. The molecule has 3 rings (SSSR count). The molecular weight excluding hydrogens is 392 g/mol. The molecule has 0 aliphatic carbocycles. The van der Waals surface area contributed by atoms with Crippen molar-refractivity contribution in [3.63, 3.8) is 0 Å². The van der Waals surface area contributed by atoms with Gasteiger partial charge < -0.3 is 9.15 Å². The van der Waals surface area contributed by atoms with Crippen molar-refractivity contribution in [2.24, 2.45) is 0 Å². The van der Waals surface area contributed by atoms with E-state index in [1.165, 1.54) is 41.9 Å². The van der Waals surface area contributed by atoms with Crippen LogP contribution in [0.4, 0.5) is 5.69 Å². The predicted octanol–water partition coefficient (Wildman–Crippen LogP) is 1.88. The van der Waals surface area contributed by atoms with Crippen LogP contribution in [0.1, 0.15) is 24.7 Å². The van der Waals surface area contributed by atoms with Crippen molar-refractivity contribution in [3.8, 4) is 0 Å². The van der Waals surface area contributed by atoms with Crippen LogP contribution in [-0.2, 0) is 24.8 Å². The van der Waals surface area contributed by atoms with Crippen molar-refractivity contribution >= 4 is 25.7 Å². The fraction of sp³-hybridized carbons (Fsp3) is 0.412. The Hall–Kier alpha value is -1.88. The largest absolute Gasteiger partial charge is 0.467 e. The minimum absolute atomic E-state index is 0.00853. The first kappa shape index (κ1) is 19.9. The lowest BCUT2D eigenvalue weighted by Gasteiger charge is -2.28. The second-order valence-corrected chi connectivity index (χ2v) is 9.96. The van der Waals surface area contributed by atoms with Gasteiger partial charge in [0.25, 0.3) is 0 Å². The number of nitrogens with zero attached hydrogens (tertiary/aromatic N) is 1. The molecule has 2 heterocycles. The fourth-order valence-electron chi connectivity index (χ4n) is 2.91. The minimum atomic E-state index is -3.77. The number of nitrogens with one attached hydrogen (secondary N) is 1. The molecule has 0 spiro atoms. The highest BCUT2D eigenvalue weighted by molar-refractivity contribution is 7.92. The average Bonchev–Trinajstić information content (AvgIpc) is 3.16. The van der Waals surface area contributed by atoms with Crippen LogP contribution in [0.25, 0.3) is 0 Å². The molecule has 1 aliphatic rings. The Balaban J connectivity index is 1.72. The van der Waals surface area contributed by atoms with Gasteiger partial charge in [0.2, 0.25) is 20.0 Å². The lowest BCUT2D eigenvalue weighted by atomic mass is 10.3. The van der Waals surface area contributed by atoms with E-state index in [0.717, 1.165) is 6.42 Å². The smallest absolute Gasteiger partial charge is 0.240 e. The summed E-state index contributed by atoms with van der Waals surface area (Å²) in [5, 5.41) is 0. The Labute approximate surface area is 159 Å². The van der Waals surface area contributed by atoms with Crippen LogP contribution in [0, 0.1) is 0 Å². The molecule has 1 saturated heterocycles. The van der Waals surface area contributed by atoms with E-state index in [4.69, 9.17) is 9.15 Å². The van der Waals surface area contributed by atoms with Crippen LogP contribution in [0.3, 0.4) is 0 Å². The zero-order valence-electron chi connectivity index (χ0n) is 14.9. The van der Waals surface area contributed by atoms with Gasteiger partial charge in [-0.2, -0.15) is 0 Å². The molecule has 0 radical (unpaired) electrons. The highest BCUT2D eigenvalue weighted by Gasteiger charge is 2.26. The maximum atomic E-state index is 12.5. The van der Waals surface area contributed by atoms with Crippen molar-refractivity contribution in [3.05, 3.63) is 48.4 Å². The van der Waals surface area contributed by atoms with Gasteiger partial charge in [-0.05, 0) is 49.2 Å². The number of ether oxygens (including phenoxy) is 1. The Kier molecular flexibility index (Phi) is 5.89. The number of benzene rings is 1. The Bertz CT molecular complexity index is 953. The molecule has 1 atom stereocenters. The highest BCUT2D eigenvalue weighted by atomic mass is 32.2. The third kappa shape index (κ3) is 4.52. The van der Waals surface area contributed by atoms with Gasteiger partial charge in [0, 0.05) is 20.2 Å². The third-order valence-electron chi connectivity index (χ3n) is 4.39. The summed E-state index contributed by atoms with van der Waals surface area (Å²) in [6.07, 6.45) is 2.37. The number of hydrogen-bond acceptors (Lipinski definition) is 6. The molecule has 2 aromatic rings. The molecular formula is C17H22N2O6S2. The van der Waals surface area contributed by atoms with Crippen LogP contribution in [0.2, 0.25) is 0 Å². The van der Waals surface area contributed by atoms with Gasteiger partial charge in [-0.25, -0.2) is 21.6 Å². The van der Waals surface area contributed by atoms with Gasteiger partial charge in [0.05, 0.1) is 22.6 Å². The summed E-state index contributed by atoms with van der Waals surface area (Å²) in [7, 11) is -5.64. The van der Waals surface area contributed by atoms with Crippen LogP contribution in [-0.4, -0.2) is 42.8 Å². The van der Waals surface area contributed by atoms with E-state index in [0.29, 0.717) is 24.4 Å². The van der Waals surface area contributed by atoms with E-state index < -0.39 is 26.2 Å². The molecule has 1 N–H and O–H groups in total. The van der Waals surface area contributed by atoms with Crippen molar-refractivity contribution in [2.45, 2.75) is 23.8 Å². The zero-order valence-corrected chi connectivity index (χ0v) is 16.5. The van der Waals surface area contributed by atoms with Crippen LogP contribution < -0.4 is 9.03 Å². The van der Waals surface area contributed by atoms with Crippen LogP contribution in [0.15, 0.2) is 52.0 Å². The van der Waals surface area contributed by atoms with Gasteiger partial charge in [-0.15, -0.1) is 0 Å². The molecule has 0 bridgehead atoms. The molecule has 1 aromatic heterocycles. The van der Waals surface area contributed by atoms with E-state index in [-0.39, 0.29) is 17.2 Å². The van der Waals surface area contributed by atoms with E-state index >= 15 is 0 Å². The first-order chi connectivity index (χ1) is 12.8. The van der Waals surface area contributed by atoms with Gasteiger partial charge in [0.1, 0.15) is 11.9 Å². The van der Waals surface area contributed by atoms with Gasteiger partial charge >= 0.3 is 0 Å². The Morgan fingerprint density at radius 1 is 1.22 bits per heavy atom. The number of anilines is 1. The molecule has 10 heteroatoms. The average molecular weight is 415 g/mol. The molecule has 27 heavy (non-hydrogen) atoms. The van der Waals surface area contributed by atoms with Crippen molar-refractivity contribution in [1.82, 2.24) is 4.72 Å². The van der Waals surface area contributed by atoms with Crippen LogP contribution in [0.5, 0.6) is 0 Å². The summed E-state index contributed by atoms with van der Waals surface area (Å²) in [6, 6.07) is 9.22. The molecule has 1 aromatic carbocycles. The lowest BCUT2D eigenvalue weighted by Crippen LogP contribution is -2.37. The Morgan fingerprint density at radius 2 is 1.96 bits per heavy atom. The number of hydrogen-bond donors (Lipinski definition) is 1. The first-order valence-corrected chi connectivity index (χ1v) is 11.6. The number of rotatable bonds is 7. The van der Waals surface area contributed by atoms with E-state index in [1.54, 1.807) is 12.1 Å². The molecule has 0 saturated carbocycles. The van der Waals surface area contributed by atoms with Crippen molar-refractivity contribution < 1.29 is 26.0 Å². The zero-order chi connectivity index (χ0) is 19.5. The standard InChI is InChI=1S/C17H22N2O6S2/c1-24-17(16-5-4-11-25-16)13-18-27(22,23)15-8-6-14(7-9-15)19-10-2-3-12-26(19,20)21/h4-9,11,17-18H,2-3,10,12-13H2,1H3. The second-order valence-electron chi connectivity index (χ2n) is 6.18. The van der Waals surface area contributed by atoms with E-state index in [1.807, 2.05) is 0 Å². The fourth-order valence-corrected chi connectivity index (χ4v) is 5.59. The molecule has 1 unspecified atom stereocenters. The van der Waals surface area contributed by atoms with E-state index in [9.17, 15) is 16.8 Å². The summed E-state index contributed by atoms with van der Waals surface area (Å²) < 4.78 is 63.6. The predicted molar refractivity (Wildman–Crippen MR) is 100 cm³/mol. The topological polar surface area (TPSA) is 106 Å². The molecule has 1 aliphatic heterocycles. The normalized spacial score (nSPS) is 18.3. The number of methoxy groups -OCH3 is 1. The third-order valence-corrected chi connectivity index (χ3v) is 7.70. The summed E-state index contributed by atoms with van der Waals surface area (Å²) in [6.45, 7) is 0.417. The lowest BCUT2D eigenvalue weighted by molar-refractivity contribution is 0.0878. The molecule has 1 fully saturated rings. The van der Waals surface area contributed by atoms with Crippen molar-refractivity contribution in [1.29, 1.82) is 0 Å². The van der Waals surface area contributed by atoms with Gasteiger partial charge in [0.15, 0.2) is 0 Å². The maximum absolute atomic E-state index is 12.5.